The van der Waals surface area contributed by atoms with Gasteiger partial charge in [-0.15, -0.1) is 0 Å². The van der Waals surface area contributed by atoms with E-state index in [1.54, 1.807) is 31.2 Å². The first kappa shape index (κ1) is 13.1. The van der Waals surface area contributed by atoms with Gasteiger partial charge in [-0.3, -0.25) is 0 Å². The minimum Gasteiger partial charge on any atom is -0.379 e. The second kappa shape index (κ2) is 5.37. The van der Waals surface area contributed by atoms with Crippen LogP contribution in [0.25, 0.3) is 0 Å². The Bertz CT molecular complexity index is 483. The number of hydrogen-bond donors (Lipinski definition) is 1. The largest absolute Gasteiger partial charge is 0.379 e. The molecule has 1 aromatic carbocycles. The van der Waals surface area contributed by atoms with Gasteiger partial charge in [0.05, 0.1) is 22.9 Å². The van der Waals surface area contributed by atoms with Crippen LogP contribution in [0.3, 0.4) is 0 Å². The molecule has 0 saturated carbocycles. The molecule has 0 aromatic heterocycles. The van der Waals surface area contributed by atoms with Gasteiger partial charge in [0.2, 0.25) is 0 Å². The van der Waals surface area contributed by atoms with Crippen LogP contribution in [0.1, 0.15) is 6.92 Å². The van der Waals surface area contributed by atoms with E-state index in [1.165, 1.54) is 0 Å². The average molecular weight is 260 g/mol. The van der Waals surface area contributed by atoms with Gasteiger partial charge < -0.3 is 5.32 Å². The Hall–Kier alpha value is -1.00. The molecule has 0 fully saturated rings. The van der Waals surface area contributed by atoms with Crippen LogP contribution in [0.15, 0.2) is 40.8 Å². The summed E-state index contributed by atoms with van der Waals surface area (Å²) >= 11 is 5.62. The Morgan fingerprint density at radius 2 is 2.06 bits per heavy atom. The van der Waals surface area contributed by atoms with Gasteiger partial charge in [-0.05, 0) is 12.1 Å². The number of nitrogens with one attached hydrogen (secondary N) is 1. The molecule has 1 rings (SSSR count). The Morgan fingerprint density at radius 3 is 2.62 bits per heavy atom. The monoisotopic (exact) mass is 259 g/mol. The molecule has 0 aliphatic heterocycles. The maximum Gasteiger partial charge on any atom is 0.180 e. The van der Waals surface area contributed by atoms with Crippen LogP contribution in [0.5, 0.6) is 0 Å². The molecule has 3 nitrogen and oxygen atoms in total. The second-order valence-electron chi connectivity index (χ2n) is 3.27. The lowest BCUT2D eigenvalue weighted by Gasteiger charge is -2.10. The van der Waals surface area contributed by atoms with Crippen molar-refractivity contribution in [2.24, 2.45) is 0 Å². The summed E-state index contributed by atoms with van der Waals surface area (Å²) < 4.78 is 23.5. The molecule has 0 spiro atoms. The Kier molecular flexibility index (Phi) is 4.38. The van der Waals surface area contributed by atoms with Crippen LogP contribution in [-0.2, 0) is 9.84 Å². The molecule has 0 amide bonds. The van der Waals surface area contributed by atoms with Crippen molar-refractivity contribution in [1.29, 1.82) is 0 Å². The molecular weight excluding hydrogens is 246 g/mol. The van der Waals surface area contributed by atoms with Crippen molar-refractivity contribution in [2.45, 2.75) is 11.8 Å². The molecule has 0 atom stereocenters. The standard InChI is InChI=1S/C11H14ClNO2S/c1-3-16(14,15)11-7-5-4-6-10(11)13-8-9(2)12/h4-7,13H,2-3,8H2,1H3. The van der Waals surface area contributed by atoms with Crippen molar-refractivity contribution in [2.75, 3.05) is 17.6 Å². The smallest absolute Gasteiger partial charge is 0.180 e. The summed E-state index contributed by atoms with van der Waals surface area (Å²) in [5.41, 5.74) is 0.561. The minimum absolute atomic E-state index is 0.0769. The van der Waals surface area contributed by atoms with E-state index in [-0.39, 0.29) is 5.75 Å². The van der Waals surface area contributed by atoms with E-state index in [4.69, 9.17) is 11.6 Å². The Labute approximate surface area is 101 Å². The number of sulfone groups is 1. The predicted octanol–water partition coefficient (Wildman–Crippen LogP) is 2.64. The van der Waals surface area contributed by atoms with E-state index in [0.29, 0.717) is 22.2 Å². The minimum atomic E-state index is -3.21. The van der Waals surface area contributed by atoms with Crippen LogP contribution in [0, 0.1) is 0 Å². The van der Waals surface area contributed by atoms with E-state index in [1.807, 2.05) is 0 Å². The summed E-state index contributed by atoms with van der Waals surface area (Å²) in [7, 11) is -3.21. The first-order chi connectivity index (χ1) is 7.47. The fraction of sp³-hybridized carbons (Fsp3) is 0.273. The summed E-state index contributed by atoms with van der Waals surface area (Å²) in [5.74, 6) is 0.0769. The fourth-order valence-electron chi connectivity index (χ4n) is 1.23. The van der Waals surface area contributed by atoms with Crippen LogP contribution in [-0.4, -0.2) is 20.7 Å². The molecule has 0 aliphatic rings. The normalized spacial score (nSPS) is 11.1. The van der Waals surface area contributed by atoms with E-state index < -0.39 is 9.84 Å². The maximum absolute atomic E-state index is 11.8. The van der Waals surface area contributed by atoms with Crippen molar-refractivity contribution in [1.82, 2.24) is 0 Å². The quantitative estimate of drug-likeness (QED) is 0.884. The highest BCUT2D eigenvalue weighted by molar-refractivity contribution is 7.91. The highest BCUT2D eigenvalue weighted by Gasteiger charge is 2.15. The zero-order valence-electron chi connectivity index (χ0n) is 9.03. The van der Waals surface area contributed by atoms with Crippen LogP contribution >= 0.6 is 11.6 Å². The molecule has 0 heterocycles. The topological polar surface area (TPSA) is 46.2 Å². The summed E-state index contributed by atoms with van der Waals surface area (Å²) in [6.07, 6.45) is 0. The summed E-state index contributed by atoms with van der Waals surface area (Å²) in [6.45, 7) is 5.50. The molecular formula is C11H14ClNO2S. The van der Waals surface area contributed by atoms with Crippen molar-refractivity contribution in [3.8, 4) is 0 Å². The van der Waals surface area contributed by atoms with Crippen molar-refractivity contribution in [3.63, 3.8) is 0 Å². The third kappa shape index (κ3) is 3.25. The number of halogens is 1. The third-order valence-corrected chi connectivity index (χ3v) is 3.99. The van der Waals surface area contributed by atoms with Gasteiger partial charge in [0.25, 0.3) is 0 Å². The molecule has 0 radical (unpaired) electrons. The van der Waals surface area contributed by atoms with Gasteiger partial charge in [-0.2, -0.15) is 0 Å². The van der Waals surface area contributed by atoms with Crippen LogP contribution in [0.4, 0.5) is 5.69 Å². The number of benzene rings is 1. The molecule has 16 heavy (non-hydrogen) atoms. The number of hydrogen-bond acceptors (Lipinski definition) is 3. The maximum atomic E-state index is 11.8. The van der Waals surface area contributed by atoms with Crippen LogP contribution < -0.4 is 5.32 Å². The Morgan fingerprint density at radius 1 is 1.44 bits per heavy atom. The second-order valence-corrected chi connectivity index (χ2v) is 6.05. The average Bonchev–Trinajstić information content (AvgIpc) is 2.26. The van der Waals surface area contributed by atoms with Gasteiger partial charge in [-0.1, -0.05) is 37.2 Å². The predicted molar refractivity (Wildman–Crippen MR) is 67.7 cm³/mol. The van der Waals surface area contributed by atoms with Gasteiger partial charge in [0.15, 0.2) is 9.84 Å². The lowest BCUT2D eigenvalue weighted by molar-refractivity contribution is 0.597. The van der Waals surface area contributed by atoms with Crippen molar-refractivity contribution in [3.05, 3.63) is 35.9 Å². The molecule has 0 bridgehead atoms. The van der Waals surface area contributed by atoms with E-state index in [9.17, 15) is 8.42 Å². The number of anilines is 1. The fourth-order valence-corrected chi connectivity index (χ4v) is 2.37. The van der Waals surface area contributed by atoms with Crippen molar-refractivity contribution >= 4 is 27.1 Å². The zero-order valence-corrected chi connectivity index (χ0v) is 10.6. The van der Waals surface area contributed by atoms with Gasteiger partial charge in [0, 0.05) is 5.03 Å². The van der Waals surface area contributed by atoms with E-state index in [2.05, 4.69) is 11.9 Å². The summed E-state index contributed by atoms with van der Waals surface area (Å²) in [6, 6.07) is 6.76. The van der Waals surface area contributed by atoms with E-state index >= 15 is 0 Å². The molecule has 88 valence electrons. The molecule has 0 unspecified atom stereocenters. The zero-order chi connectivity index (χ0) is 12.2. The third-order valence-electron chi connectivity index (χ3n) is 2.07. The number of para-hydroxylation sites is 1. The SMILES string of the molecule is C=C(Cl)CNc1ccccc1S(=O)(=O)CC. The molecule has 1 N–H and O–H groups in total. The molecule has 0 saturated heterocycles. The van der Waals surface area contributed by atoms with Gasteiger partial charge in [0.1, 0.15) is 0 Å². The molecule has 0 aliphatic carbocycles. The number of rotatable bonds is 5. The first-order valence-electron chi connectivity index (χ1n) is 4.86. The van der Waals surface area contributed by atoms with Crippen molar-refractivity contribution < 1.29 is 8.42 Å². The highest BCUT2D eigenvalue weighted by Crippen LogP contribution is 2.22. The Balaban J connectivity index is 3.06. The summed E-state index contributed by atoms with van der Waals surface area (Å²) in [5, 5.41) is 3.38. The lowest BCUT2D eigenvalue weighted by Crippen LogP contribution is -2.09. The molecule has 5 heteroatoms. The summed E-state index contributed by atoms with van der Waals surface area (Å²) in [4.78, 5) is 0.301. The lowest BCUT2D eigenvalue weighted by atomic mass is 10.3. The highest BCUT2D eigenvalue weighted by atomic mass is 35.5. The first-order valence-corrected chi connectivity index (χ1v) is 6.89. The van der Waals surface area contributed by atoms with Gasteiger partial charge >= 0.3 is 0 Å². The van der Waals surface area contributed by atoms with Gasteiger partial charge in [-0.25, -0.2) is 8.42 Å². The van der Waals surface area contributed by atoms with E-state index in [0.717, 1.165) is 0 Å². The van der Waals surface area contributed by atoms with Crippen LogP contribution in [0.2, 0.25) is 0 Å². The molecule has 1 aromatic rings.